The van der Waals surface area contributed by atoms with E-state index in [1.54, 1.807) is 0 Å². The van der Waals surface area contributed by atoms with E-state index in [4.69, 9.17) is 20.3 Å². The number of hydrogen-bond acceptors (Lipinski definition) is 4. The van der Waals surface area contributed by atoms with Crippen LogP contribution in [0.2, 0.25) is 0 Å². The van der Waals surface area contributed by atoms with Crippen molar-refractivity contribution in [1.82, 2.24) is 0 Å². The molecule has 0 aromatic heterocycles. The molecule has 0 aliphatic carbocycles. The first kappa shape index (κ1) is 8.95. The summed E-state index contributed by atoms with van der Waals surface area (Å²) in [5.41, 5.74) is 4.90. The molecule has 68 valence electrons. The smallest absolute Gasteiger partial charge is 0.335 e. The van der Waals surface area contributed by atoms with Gasteiger partial charge in [0.1, 0.15) is 0 Å². The number of amides is 1. The zero-order valence-electron chi connectivity index (χ0n) is 6.23. The minimum absolute atomic E-state index is 0.0910. The molecule has 1 saturated heterocycles. The van der Waals surface area contributed by atoms with Gasteiger partial charge in [-0.15, -0.1) is 0 Å². The van der Waals surface area contributed by atoms with Crippen LogP contribution >= 0.6 is 0 Å². The average Bonchev–Trinajstić information content (AvgIpc) is 2.04. The lowest BCUT2D eigenvalue weighted by atomic mass is 10.3. The highest BCUT2D eigenvalue weighted by atomic mass is 16.6. The maximum Gasteiger partial charge on any atom is 0.335 e. The van der Waals surface area contributed by atoms with Gasteiger partial charge in [0.05, 0.1) is 13.2 Å². The van der Waals surface area contributed by atoms with Crippen molar-refractivity contribution in [2.24, 2.45) is 5.73 Å². The number of nitrogens with two attached hydrogens (primary N) is 1. The van der Waals surface area contributed by atoms with Gasteiger partial charge < -0.3 is 20.3 Å². The van der Waals surface area contributed by atoms with Crippen LogP contribution in [0.4, 0.5) is 0 Å². The van der Waals surface area contributed by atoms with Crippen molar-refractivity contribution in [2.75, 3.05) is 13.2 Å². The molecule has 0 aromatic carbocycles. The number of ether oxygens (including phenoxy) is 2. The summed E-state index contributed by atoms with van der Waals surface area (Å²) < 4.78 is 9.62. The number of aliphatic carboxylic acids is 1. The summed E-state index contributed by atoms with van der Waals surface area (Å²) in [6.07, 6.45) is -1.80. The van der Waals surface area contributed by atoms with Crippen molar-refractivity contribution in [3.8, 4) is 0 Å². The minimum Gasteiger partial charge on any atom is -0.479 e. The third-order valence-corrected chi connectivity index (χ3v) is 1.49. The summed E-state index contributed by atoms with van der Waals surface area (Å²) in [4.78, 5) is 20.8. The molecule has 6 nitrogen and oxygen atoms in total. The van der Waals surface area contributed by atoms with E-state index in [9.17, 15) is 9.59 Å². The van der Waals surface area contributed by atoms with E-state index in [1.807, 2.05) is 0 Å². The fraction of sp³-hybridized carbons (Fsp3) is 0.667. The van der Waals surface area contributed by atoms with Gasteiger partial charge in [0, 0.05) is 0 Å². The lowest BCUT2D eigenvalue weighted by molar-refractivity contribution is -0.179. The Kier molecular flexibility index (Phi) is 2.61. The summed E-state index contributed by atoms with van der Waals surface area (Å²) in [6, 6.07) is 0. The molecule has 1 aliphatic rings. The van der Waals surface area contributed by atoms with E-state index in [0.717, 1.165) is 0 Å². The van der Waals surface area contributed by atoms with Gasteiger partial charge in [-0.25, -0.2) is 4.79 Å². The number of carboxylic acid groups (broad SMARTS) is 1. The quantitative estimate of drug-likeness (QED) is 0.523. The highest BCUT2D eigenvalue weighted by Crippen LogP contribution is 2.06. The monoisotopic (exact) mass is 175 g/mol. The lowest BCUT2D eigenvalue weighted by Gasteiger charge is -2.24. The summed E-state index contributed by atoms with van der Waals surface area (Å²) in [5.74, 6) is -1.74. The Balaban J connectivity index is 2.39. The Morgan fingerprint density at radius 1 is 1.25 bits per heavy atom. The fourth-order valence-electron chi connectivity index (χ4n) is 0.810. The molecule has 12 heavy (non-hydrogen) atoms. The van der Waals surface area contributed by atoms with Crippen molar-refractivity contribution >= 4 is 11.9 Å². The van der Waals surface area contributed by atoms with Gasteiger partial charge in [-0.2, -0.15) is 0 Å². The molecule has 1 aliphatic heterocycles. The van der Waals surface area contributed by atoms with Crippen LogP contribution in [0.1, 0.15) is 0 Å². The SMILES string of the molecule is NC(=O)C1COC(C(=O)O)CO1. The molecule has 0 bridgehead atoms. The molecule has 0 spiro atoms. The van der Waals surface area contributed by atoms with Gasteiger partial charge in [0.15, 0.2) is 12.2 Å². The molecule has 0 radical (unpaired) electrons. The minimum atomic E-state index is -1.10. The Morgan fingerprint density at radius 3 is 2.08 bits per heavy atom. The Bertz CT molecular complexity index is 174. The molecule has 6 heteroatoms. The molecule has 1 rings (SSSR count). The van der Waals surface area contributed by atoms with Crippen molar-refractivity contribution in [3.63, 3.8) is 0 Å². The van der Waals surface area contributed by atoms with Gasteiger partial charge in [0.2, 0.25) is 5.91 Å². The van der Waals surface area contributed by atoms with Crippen LogP contribution in [0.25, 0.3) is 0 Å². The molecule has 2 atom stereocenters. The van der Waals surface area contributed by atoms with Crippen LogP contribution in [0.3, 0.4) is 0 Å². The maximum absolute atomic E-state index is 10.5. The second kappa shape index (κ2) is 3.51. The first-order valence-corrected chi connectivity index (χ1v) is 3.36. The third kappa shape index (κ3) is 1.93. The second-order valence-electron chi connectivity index (χ2n) is 2.38. The normalized spacial score (nSPS) is 29.7. The number of carboxylic acids is 1. The van der Waals surface area contributed by atoms with Crippen molar-refractivity contribution in [2.45, 2.75) is 12.2 Å². The van der Waals surface area contributed by atoms with Crippen LogP contribution in [-0.2, 0) is 19.1 Å². The summed E-state index contributed by atoms with van der Waals surface area (Å²) in [5, 5.41) is 8.44. The predicted molar refractivity (Wildman–Crippen MR) is 36.3 cm³/mol. The van der Waals surface area contributed by atoms with Gasteiger partial charge in [0.25, 0.3) is 0 Å². The highest BCUT2D eigenvalue weighted by molar-refractivity contribution is 5.79. The highest BCUT2D eigenvalue weighted by Gasteiger charge is 2.29. The van der Waals surface area contributed by atoms with Crippen LogP contribution < -0.4 is 5.73 Å². The van der Waals surface area contributed by atoms with E-state index in [-0.39, 0.29) is 13.2 Å². The molecule has 0 saturated carbocycles. The first-order chi connectivity index (χ1) is 5.61. The summed E-state index contributed by atoms with van der Waals surface area (Å²) >= 11 is 0. The fourth-order valence-corrected chi connectivity index (χ4v) is 0.810. The van der Waals surface area contributed by atoms with E-state index in [2.05, 4.69) is 0 Å². The summed E-state index contributed by atoms with van der Waals surface area (Å²) in [7, 11) is 0. The molecule has 2 unspecified atom stereocenters. The number of primary amides is 1. The topological polar surface area (TPSA) is 98.9 Å². The second-order valence-corrected chi connectivity index (χ2v) is 2.38. The third-order valence-electron chi connectivity index (χ3n) is 1.49. The molecule has 0 aromatic rings. The maximum atomic E-state index is 10.5. The Labute approximate surface area is 68.2 Å². The Hall–Kier alpha value is -1.14. The summed E-state index contributed by atoms with van der Waals surface area (Å²) in [6.45, 7) is -0.227. The van der Waals surface area contributed by atoms with Crippen LogP contribution in [-0.4, -0.2) is 42.4 Å². The zero-order valence-corrected chi connectivity index (χ0v) is 6.23. The van der Waals surface area contributed by atoms with Gasteiger partial charge in [-0.3, -0.25) is 4.79 Å². The molecular weight excluding hydrogens is 166 g/mol. The molecule has 1 fully saturated rings. The largest absolute Gasteiger partial charge is 0.479 e. The van der Waals surface area contributed by atoms with Gasteiger partial charge in [-0.05, 0) is 0 Å². The van der Waals surface area contributed by atoms with Crippen molar-refractivity contribution in [3.05, 3.63) is 0 Å². The number of rotatable bonds is 2. The number of carbonyl (C=O) groups is 2. The average molecular weight is 175 g/mol. The molecule has 1 amide bonds. The zero-order chi connectivity index (χ0) is 9.14. The standard InChI is InChI=1S/C6H9NO5/c7-5(8)3-1-12-4(2-11-3)6(9)10/h3-4H,1-2H2,(H2,7,8)(H,9,10). The lowest BCUT2D eigenvalue weighted by Crippen LogP contribution is -2.45. The molecular formula is C6H9NO5. The van der Waals surface area contributed by atoms with Crippen molar-refractivity contribution < 1.29 is 24.2 Å². The van der Waals surface area contributed by atoms with Gasteiger partial charge in [-0.1, -0.05) is 0 Å². The van der Waals surface area contributed by atoms with Crippen LogP contribution in [0.5, 0.6) is 0 Å². The number of hydrogen-bond donors (Lipinski definition) is 2. The van der Waals surface area contributed by atoms with Gasteiger partial charge >= 0.3 is 5.97 Å². The molecule has 1 heterocycles. The first-order valence-electron chi connectivity index (χ1n) is 3.36. The number of carbonyl (C=O) groups excluding carboxylic acids is 1. The Morgan fingerprint density at radius 2 is 1.75 bits per heavy atom. The van der Waals surface area contributed by atoms with E-state index in [0.29, 0.717) is 0 Å². The van der Waals surface area contributed by atoms with E-state index < -0.39 is 24.1 Å². The van der Waals surface area contributed by atoms with E-state index >= 15 is 0 Å². The molecule has 3 N–H and O–H groups in total. The predicted octanol–water partition coefficient (Wildman–Crippen LogP) is -1.66. The van der Waals surface area contributed by atoms with E-state index in [1.165, 1.54) is 0 Å². The van der Waals surface area contributed by atoms with Crippen molar-refractivity contribution in [1.29, 1.82) is 0 Å². The van der Waals surface area contributed by atoms with Crippen LogP contribution in [0, 0.1) is 0 Å². The van der Waals surface area contributed by atoms with Crippen LogP contribution in [0.15, 0.2) is 0 Å².